The van der Waals surface area contributed by atoms with Crippen molar-refractivity contribution in [2.24, 2.45) is 0 Å². The van der Waals surface area contributed by atoms with Crippen LogP contribution in [0.1, 0.15) is 20.8 Å². The van der Waals surface area contributed by atoms with E-state index in [0.717, 1.165) is 16.0 Å². The summed E-state index contributed by atoms with van der Waals surface area (Å²) in [6.07, 6.45) is 4.45. The lowest BCUT2D eigenvalue weighted by Gasteiger charge is -2.01. The number of hydrogen-bond donors (Lipinski definition) is 0. The number of carbonyl (C=O) groups excluding carboxylic acids is 1. The van der Waals surface area contributed by atoms with Crippen molar-refractivity contribution < 1.29 is 31.3 Å². The first kappa shape index (κ1) is 19.0. The van der Waals surface area contributed by atoms with Crippen LogP contribution in [0.4, 0.5) is 5.69 Å². The molecule has 0 radical (unpaired) electrons. The number of nitro groups is 1. The summed E-state index contributed by atoms with van der Waals surface area (Å²) in [7, 11) is 0. The summed E-state index contributed by atoms with van der Waals surface area (Å²) >= 11 is 1.45. The van der Waals surface area contributed by atoms with Crippen LogP contribution >= 0.6 is 11.3 Å². The molecule has 0 saturated heterocycles. The zero-order valence-electron chi connectivity index (χ0n) is 13.2. The Morgan fingerprint density at radius 1 is 1.04 bits per heavy atom. The Labute approximate surface area is 159 Å². The first-order valence-corrected chi connectivity index (χ1v) is 8.28. The monoisotopic (exact) mass is 418 g/mol. The molecule has 0 bridgehead atoms. The average molecular weight is 419 g/mol. The molecule has 2 heterocycles. The van der Waals surface area contributed by atoms with Gasteiger partial charge in [0.1, 0.15) is 0 Å². The van der Waals surface area contributed by atoms with Crippen LogP contribution in [0.15, 0.2) is 66.3 Å². The topological polar surface area (TPSA) is 64.1 Å². The Morgan fingerprint density at radius 2 is 1.68 bits per heavy atom. The van der Waals surface area contributed by atoms with Crippen molar-refractivity contribution in [3.63, 3.8) is 0 Å². The predicted octanol–water partition coefficient (Wildman–Crippen LogP) is 0.421. The highest BCUT2D eigenvalue weighted by Gasteiger charge is 2.13. The Morgan fingerprint density at radius 3 is 2.24 bits per heavy atom. The number of pyridine rings is 1. The normalized spacial score (nSPS) is 10.1. The minimum atomic E-state index is -0.403. The van der Waals surface area contributed by atoms with Crippen LogP contribution in [0.5, 0.6) is 0 Å². The van der Waals surface area contributed by atoms with Gasteiger partial charge in [-0.3, -0.25) is 14.9 Å². The second-order valence-electron chi connectivity index (χ2n) is 5.38. The fourth-order valence-electron chi connectivity index (χ4n) is 2.36. The van der Waals surface area contributed by atoms with Crippen molar-refractivity contribution >= 4 is 22.8 Å². The summed E-state index contributed by atoms with van der Waals surface area (Å²) in [6.45, 7) is 0.318. The van der Waals surface area contributed by atoms with Crippen LogP contribution < -0.4 is 21.5 Å². The van der Waals surface area contributed by atoms with E-state index in [4.69, 9.17) is 0 Å². The van der Waals surface area contributed by atoms with Crippen molar-refractivity contribution in [3.05, 3.63) is 92.4 Å². The van der Waals surface area contributed by atoms with Gasteiger partial charge in [0.15, 0.2) is 12.4 Å². The maximum atomic E-state index is 12.1. The minimum Gasteiger partial charge on any atom is -1.00 e. The molecule has 5 nitrogen and oxygen atoms in total. The summed E-state index contributed by atoms with van der Waals surface area (Å²) in [4.78, 5) is 23.1. The summed E-state index contributed by atoms with van der Waals surface area (Å²) in [5, 5.41) is 12.6. The van der Waals surface area contributed by atoms with Gasteiger partial charge in [0.25, 0.3) is 5.69 Å². The van der Waals surface area contributed by atoms with Crippen LogP contribution in [0.3, 0.4) is 0 Å². The Balaban J connectivity index is 0.00000225. The molecule has 0 amide bonds. The van der Waals surface area contributed by atoms with Crippen LogP contribution in [0.2, 0.25) is 0 Å². The van der Waals surface area contributed by atoms with Crippen LogP contribution in [-0.4, -0.2) is 10.7 Å². The highest BCUT2D eigenvalue weighted by molar-refractivity contribution is 7.12. The zero-order chi connectivity index (χ0) is 16.9. The molecule has 7 heteroatoms. The molecule has 0 saturated carbocycles. The summed E-state index contributed by atoms with van der Waals surface area (Å²) in [5.41, 5.74) is 2.19. The van der Waals surface area contributed by atoms with E-state index in [1.807, 2.05) is 46.6 Å². The van der Waals surface area contributed by atoms with E-state index in [0.29, 0.717) is 13.0 Å². The Bertz CT molecular complexity index is 847. The number of carbonyl (C=O) groups is 1. The number of halogens is 1. The molecular weight excluding hydrogens is 404 g/mol. The predicted molar refractivity (Wildman–Crippen MR) is 91.2 cm³/mol. The zero-order valence-corrected chi connectivity index (χ0v) is 15.6. The highest BCUT2D eigenvalue weighted by atomic mass is 79.9. The molecule has 0 spiro atoms. The highest BCUT2D eigenvalue weighted by Crippen LogP contribution is 2.14. The smallest absolute Gasteiger partial charge is 0.269 e. The molecule has 3 aromatic rings. The average Bonchev–Trinajstić information content (AvgIpc) is 3.12. The van der Waals surface area contributed by atoms with E-state index in [2.05, 4.69) is 0 Å². The molecular formula is C18H15BrN2O3S. The van der Waals surface area contributed by atoms with E-state index in [9.17, 15) is 14.9 Å². The molecule has 128 valence electrons. The van der Waals surface area contributed by atoms with Crippen molar-refractivity contribution in [3.8, 4) is 0 Å². The van der Waals surface area contributed by atoms with Gasteiger partial charge in [-0.2, -0.15) is 4.57 Å². The van der Waals surface area contributed by atoms with E-state index >= 15 is 0 Å². The van der Waals surface area contributed by atoms with Gasteiger partial charge in [-0.05, 0) is 29.0 Å². The fraction of sp³-hybridized carbons (Fsp3) is 0.111. The van der Waals surface area contributed by atoms with Crippen molar-refractivity contribution in [1.82, 2.24) is 0 Å². The number of hydrogen-bond acceptors (Lipinski definition) is 4. The lowest BCUT2D eigenvalue weighted by molar-refractivity contribution is -0.683. The molecule has 3 rings (SSSR count). The van der Waals surface area contributed by atoms with Gasteiger partial charge in [-0.15, -0.1) is 11.3 Å². The van der Waals surface area contributed by atoms with Gasteiger partial charge < -0.3 is 17.0 Å². The van der Waals surface area contributed by atoms with Crippen molar-refractivity contribution in [1.29, 1.82) is 0 Å². The fourth-order valence-corrected chi connectivity index (χ4v) is 3.02. The van der Waals surface area contributed by atoms with Gasteiger partial charge in [0, 0.05) is 24.3 Å². The Hall–Kier alpha value is -2.38. The molecule has 0 aliphatic carbocycles. The quantitative estimate of drug-likeness (QED) is 0.252. The van der Waals surface area contributed by atoms with Gasteiger partial charge in [-0.1, -0.05) is 18.2 Å². The van der Waals surface area contributed by atoms with E-state index < -0.39 is 4.92 Å². The summed E-state index contributed by atoms with van der Waals surface area (Å²) in [5.74, 6) is 0.0955. The largest absolute Gasteiger partial charge is 1.00 e. The number of rotatable bonds is 6. The number of thiophene rings is 1. The van der Waals surface area contributed by atoms with Gasteiger partial charge in [0.2, 0.25) is 12.3 Å². The maximum absolute atomic E-state index is 12.1. The lowest BCUT2D eigenvalue weighted by atomic mass is 10.1. The molecule has 1 aromatic carbocycles. The molecule has 0 unspecified atom stereocenters. The standard InChI is InChI=1S/C18H15N2O3S.BrH/c21-17(18-2-1-11-24-18)13-19-9-7-15(8-10-19)12-14-3-5-16(6-4-14)20(22)23;/h1-11H,12-13H2;1H/q+1;/p-1. The number of ketones is 1. The molecule has 25 heavy (non-hydrogen) atoms. The molecule has 0 fully saturated rings. The van der Waals surface area contributed by atoms with Gasteiger partial charge >= 0.3 is 0 Å². The lowest BCUT2D eigenvalue weighted by Crippen LogP contribution is -3.00. The third kappa shape index (κ3) is 5.04. The molecule has 0 aliphatic heterocycles. The Kier molecular flexibility index (Phi) is 6.55. The van der Waals surface area contributed by atoms with Gasteiger partial charge in [-0.25, -0.2) is 0 Å². The minimum absolute atomic E-state index is 0. The second kappa shape index (κ2) is 8.64. The number of non-ortho nitro benzene ring substituents is 1. The SMILES string of the molecule is O=C(C[n+]1ccc(Cc2ccc([N+](=O)[O-])cc2)cc1)c1cccs1.[Br-]. The van der Waals surface area contributed by atoms with Crippen molar-refractivity contribution in [2.45, 2.75) is 13.0 Å². The van der Waals surface area contributed by atoms with Crippen LogP contribution in [0, 0.1) is 10.1 Å². The van der Waals surface area contributed by atoms with E-state index in [-0.39, 0.29) is 28.5 Å². The van der Waals surface area contributed by atoms with Crippen LogP contribution in [0.25, 0.3) is 0 Å². The number of nitro benzene ring substituents is 1. The summed E-state index contributed by atoms with van der Waals surface area (Å²) in [6, 6.07) is 14.2. The van der Waals surface area contributed by atoms with E-state index in [1.165, 1.54) is 23.5 Å². The number of benzene rings is 1. The second-order valence-corrected chi connectivity index (χ2v) is 6.33. The first-order chi connectivity index (χ1) is 11.6. The number of nitrogens with zero attached hydrogens (tertiary/aromatic N) is 2. The molecule has 0 N–H and O–H groups in total. The molecule has 0 atom stereocenters. The van der Waals surface area contributed by atoms with Gasteiger partial charge in [0.05, 0.1) is 9.80 Å². The van der Waals surface area contributed by atoms with Crippen LogP contribution in [-0.2, 0) is 13.0 Å². The first-order valence-electron chi connectivity index (χ1n) is 7.40. The third-order valence-corrected chi connectivity index (χ3v) is 4.55. The molecule has 2 aromatic heterocycles. The number of aromatic nitrogens is 1. The third-order valence-electron chi connectivity index (χ3n) is 3.64. The van der Waals surface area contributed by atoms with E-state index in [1.54, 1.807) is 12.1 Å². The molecule has 0 aliphatic rings. The maximum Gasteiger partial charge on any atom is 0.269 e. The number of Topliss-reactive ketones (excluding diaryl/α,β-unsaturated/α-hetero) is 1. The van der Waals surface area contributed by atoms with Crippen molar-refractivity contribution in [2.75, 3.05) is 0 Å². The summed E-state index contributed by atoms with van der Waals surface area (Å²) < 4.78 is 1.85.